The fraction of sp³-hybridized carbons (Fsp3) is 0.294. The molecule has 22 heavy (non-hydrogen) atoms. The summed E-state index contributed by atoms with van der Waals surface area (Å²) in [6.07, 6.45) is 0. The average molecular weight is 317 g/mol. The maximum Gasteiger partial charge on any atom is 0.183 e. The molecule has 2 unspecified atom stereocenters. The number of halogens is 1. The Morgan fingerprint density at radius 3 is 2.55 bits per heavy atom. The van der Waals surface area contributed by atoms with Gasteiger partial charge in [-0.25, -0.2) is 12.8 Å². The van der Waals surface area contributed by atoms with Gasteiger partial charge in [0.25, 0.3) is 0 Å². The van der Waals surface area contributed by atoms with Gasteiger partial charge in [0.2, 0.25) is 0 Å². The highest BCUT2D eigenvalue weighted by molar-refractivity contribution is 7.92. The minimum absolute atomic E-state index is 0.0571. The van der Waals surface area contributed by atoms with Crippen LogP contribution in [0.4, 0.5) is 4.39 Å². The molecule has 0 bridgehead atoms. The molecule has 5 heteroatoms. The van der Waals surface area contributed by atoms with Crippen LogP contribution in [-0.4, -0.2) is 31.7 Å². The van der Waals surface area contributed by atoms with E-state index in [0.717, 1.165) is 17.7 Å². The largest absolute Gasteiger partial charge is 0.297 e. The van der Waals surface area contributed by atoms with E-state index < -0.39 is 9.84 Å². The lowest BCUT2D eigenvalue weighted by Gasteiger charge is -2.17. The molecule has 0 aliphatic carbocycles. The smallest absolute Gasteiger partial charge is 0.183 e. The first kappa shape index (κ1) is 13.9. The number of fused-ring (bicyclic) bond motifs is 3. The summed E-state index contributed by atoms with van der Waals surface area (Å²) in [7, 11) is -3.22. The molecule has 1 fully saturated rings. The van der Waals surface area contributed by atoms with E-state index in [1.165, 1.54) is 12.1 Å². The second-order valence-electron chi connectivity index (χ2n) is 6.05. The average Bonchev–Trinajstić information content (AvgIpc) is 3.01. The van der Waals surface area contributed by atoms with Crippen LogP contribution in [0.15, 0.2) is 53.4 Å². The van der Waals surface area contributed by atoms with E-state index in [4.69, 9.17) is 0 Å². The summed E-state index contributed by atoms with van der Waals surface area (Å²) >= 11 is 0. The summed E-state index contributed by atoms with van der Waals surface area (Å²) in [6, 6.07) is 13.7. The lowest BCUT2D eigenvalue weighted by atomic mass is 9.99. The van der Waals surface area contributed by atoms with Gasteiger partial charge in [-0.3, -0.25) is 4.90 Å². The fourth-order valence-electron chi connectivity index (χ4n) is 3.65. The molecule has 1 saturated heterocycles. The summed E-state index contributed by atoms with van der Waals surface area (Å²) in [5, 5.41) is -0.342. The van der Waals surface area contributed by atoms with E-state index in [-0.39, 0.29) is 17.0 Å². The maximum absolute atomic E-state index is 13.0. The number of sulfone groups is 1. The second-order valence-corrected chi connectivity index (χ2v) is 8.18. The van der Waals surface area contributed by atoms with Gasteiger partial charge in [-0.1, -0.05) is 30.3 Å². The topological polar surface area (TPSA) is 37.4 Å². The lowest BCUT2D eigenvalue weighted by molar-refractivity contribution is 0.325. The number of hydrogen-bond donors (Lipinski definition) is 0. The fourth-order valence-corrected chi connectivity index (χ4v) is 5.87. The second kappa shape index (κ2) is 4.89. The first-order valence-electron chi connectivity index (χ1n) is 7.35. The molecule has 2 atom stereocenters. The zero-order valence-corrected chi connectivity index (χ0v) is 12.8. The molecule has 2 aliphatic rings. The van der Waals surface area contributed by atoms with Crippen LogP contribution in [0.1, 0.15) is 17.0 Å². The highest BCUT2D eigenvalue weighted by Crippen LogP contribution is 2.44. The van der Waals surface area contributed by atoms with Gasteiger partial charge >= 0.3 is 0 Å². The van der Waals surface area contributed by atoms with Gasteiger partial charge in [-0.05, 0) is 29.3 Å². The van der Waals surface area contributed by atoms with Crippen LogP contribution < -0.4 is 0 Å². The third kappa shape index (κ3) is 2.08. The SMILES string of the molecule is O=S1(=O)c2ccccc2C2CN(Cc3ccc(F)cc3)CC21. The van der Waals surface area contributed by atoms with Crippen molar-refractivity contribution in [3.05, 3.63) is 65.5 Å². The Labute approximate surface area is 129 Å². The first-order valence-corrected chi connectivity index (χ1v) is 8.90. The Morgan fingerprint density at radius 1 is 1.05 bits per heavy atom. The predicted octanol–water partition coefficient (Wildman–Crippen LogP) is 2.58. The van der Waals surface area contributed by atoms with Crippen molar-refractivity contribution in [3.8, 4) is 0 Å². The van der Waals surface area contributed by atoms with Gasteiger partial charge in [0.1, 0.15) is 5.82 Å². The van der Waals surface area contributed by atoms with E-state index in [1.54, 1.807) is 24.3 Å². The molecular formula is C17H16FNO2S. The van der Waals surface area contributed by atoms with Crippen molar-refractivity contribution in [2.24, 2.45) is 0 Å². The standard InChI is InChI=1S/C17H16FNO2S/c18-13-7-5-12(6-8-13)9-19-10-15-14-3-1-2-4-16(14)22(20,21)17(15)11-19/h1-8,15,17H,9-11H2. The van der Waals surface area contributed by atoms with Gasteiger partial charge < -0.3 is 0 Å². The molecule has 2 heterocycles. The van der Waals surface area contributed by atoms with Crippen LogP contribution in [0, 0.1) is 5.82 Å². The van der Waals surface area contributed by atoms with E-state index in [9.17, 15) is 12.8 Å². The molecule has 114 valence electrons. The Balaban J connectivity index is 1.60. The van der Waals surface area contributed by atoms with Gasteiger partial charge in [0, 0.05) is 25.6 Å². The molecule has 2 aromatic carbocycles. The summed E-state index contributed by atoms with van der Waals surface area (Å²) in [5.74, 6) is -0.194. The lowest BCUT2D eigenvalue weighted by Crippen LogP contribution is -2.25. The Kier molecular flexibility index (Phi) is 3.09. The number of nitrogens with zero attached hydrogens (tertiary/aromatic N) is 1. The van der Waals surface area contributed by atoms with Crippen LogP contribution in [0.3, 0.4) is 0 Å². The van der Waals surface area contributed by atoms with Crippen LogP contribution in [0.5, 0.6) is 0 Å². The Morgan fingerprint density at radius 2 is 1.77 bits per heavy atom. The van der Waals surface area contributed by atoms with Crippen LogP contribution in [0.2, 0.25) is 0 Å². The van der Waals surface area contributed by atoms with Gasteiger partial charge in [-0.2, -0.15) is 0 Å². The number of likely N-dealkylation sites (tertiary alicyclic amines) is 1. The number of benzene rings is 2. The van der Waals surface area contributed by atoms with Crippen molar-refractivity contribution < 1.29 is 12.8 Å². The quantitative estimate of drug-likeness (QED) is 0.854. The summed E-state index contributed by atoms with van der Waals surface area (Å²) in [4.78, 5) is 2.65. The maximum atomic E-state index is 13.0. The van der Waals surface area contributed by atoms with Gasteiger partial charge in [-0.15, -0.1) is 0 Å². The molecule has 0 saturated carbocycles. The summed E-state index contributed by atoms with van der Waals surface area (Å²) < 4.78 is 38.2. The summed E-state index contributed by atoms with van der Waals surface area (Å²) in [5.41, 5.74) is 1.96. The zero-order valence-electron chi connectivity index (χ0n) is 11.9. The van der Waals surface area contributed by atoms with Crippen LogP contribution in [-0.2, 0) is 16.4 Å². The minimum Gasteiger partial charge on any atom is -0.297 e. The molecule has 3 nitrogen and oxygen atoms in total. The Hall–Kier alpha value is -1.72. The van der Waals surface area contributed by atoms with E-state index in [0.29, 0.717) is 18.0 Å². The van der Waals surface area contributed by atoms with Crippen molar-refractivity contribution in [3.63, 3.8) is 0 Å². The number of hydrogen-bond acceptors (Lipinski definition) is 3. The third-order valence-corrected chi connectivity index (χ3v) is 6.94. The van der Waals surface area contributed by atoms with Gasteiger partial charge in [0.15, 0.2) is 9.84 Å². The Bertz CT molecular complexity index is 817. The van der Waals surface area contributed by atoms with Crippen molar-refractivity contribution >= 4 is 9.84 Å². The number of rotatable bonds is 2. The van der Waals surface area contributed by atoms with E-state index in [2.05, 4.69) is 4.90 Å². The van der Waals surface area contributed by atoms with Gasteiger partial charge in [0.05, 0.1) is 10.1 Å². The molecule has 0 radical (unpaired) electrons. The summed E-state index contributed by atoms with van der Waals surface area (Å²) in [6.45, 7) is 1.93. The third-order valence-electron chi connectivity index (χ3n) is 4.68. The van der Waals surface area contributed by atoms with Crippen molar-refractivity contribution in [1.82, 2.24) is 4.90 Å². The van der Waals surface area contributed by atoms with Crippen molar-refractivity contribution in [2.75, 3.05) is 13.1 Å². The monoisotopic (exact) mass is 317 g/mol. The predicted molar refractivity (Wildman–Crippen MR) is 81.8 cm³/mol. The van der Waals surface area contributed by atoms with Crippen molar-refractivity contribution in [2.45, 2.75) is 22.6 Å². The van der Waals surface area contributed by atoms with E-state index >= 15 is 0 Å². The van der Waals surface area contributed by atoms with Crippen LogP contribution in [0.25, 0.3) is 0 Å². The normalized spacial score (nSPS) is 25.9. The molecule has 2 aliphatic heterocycles. The molecule has 0 aromatic heterocycles. The molecule has 4 rings (SSSR count). The first-order chi connectivity index (χ1) is 10.6. The molecule has 0 amide bonds. The van der Waals surface area contributed by atoms with E-state index in [1.807, 2.05) is 12.1 Å². The molecule has 0 spiro atoms. The zero-order chi connectivity index (χ0) is 15.3. The highest BCUT2D eigenvalue weighted by atomic mass is 32.2. The van der Waals surface area contributed by atoms with Crippen molar-refractivity contribution in [1.29, 1.82) is 0 Å². The van der Waals surface area contributed by atoms with Crippen LogP contribution >= 0.6 is 0 Å². The molecular weight excluding hydrogens is 301 g/mol. The molecule has 0 N–H and O–H groups in total. The highest BCUT2D eigenvalue weighted by Gasteiger charge is 2.49. The molecule has 2 aromatic rings. The minimum atomic E-state index is -3.22.